The van der Waals surface area contributed by atoms with Crippen molar-refractivity contribution < 1.29 is 14.3 Å². The minimum atomic E-state index is -0.366. The van der Waals surface area contributed by atoms with Gasteiger partial charge in [0.05, 0.1) is 36.7 Å². The number of hydrazone groups is 1. The molecule has 0 aliphatic rings. The van der Waals surface area contributed by atoms with Crippen molar-refractivity contribution in [1.82, 2.24) is 15.4 Å². The number of benzene rings is 2. The highest BCUT2D eigenvalue weighted by Crippen LogP contribution is 2.28. The SMILES string of the molecule is COc1cc(C(=O)N/N=C\c2cnc3ccccc3n2)ccc1OC(C)C. The van der Waals surface area contributed by atoms with Crippen molar-refractivity contribution in [2.24, 2.45) is 5.10 Å². The first-order chi connectivity index (χ1) is 13.1. The Kier molecular flexibility index (Phi) is 5.61. The second-order valence-corrected chi connectivity index (χ2v) is 6.01. The average Bonchev–Trinajstić information content (AvgIpc) is 2.67. The van der Waals surface area contributed by atoms with Gasteiger partial charge >= 0.3 is 0 Å². The van der Waals surface area contributed by atoms with E-state index in [4.69, 9.17) is 9.47 Å². The minimum absolute atomic E-state index is 0.00578. The zero-order chi connectivity index (χ0) is 19.2. The average molecular weight is 364 g/mol. The Morgan fingerprint density at radius 3 is 2.67 bits per heavy atom. The number of methoxy groups -OCH3 is 1. The van der Waals surface area contributed by atoms with E-state index >= 15 is 0 Å². The van der Waals surface area contributed by atoms with Crippen molar-refractivity contribution >= 4 is 23.2 Å². The Morgan fingerprint density at radius 2 is 1.93 bits per heavy atom. The first kappa shape index (κ1) is 18.3. The molecule has 2 aromatic carbocycles. The molecule has 1 heterocycles. The van der Waals surface area contributed by atoms with Gasteiger partial charge in [-0.05, 0) is 44.2 Å². The summed E-state index contributed by atoms with van der Waals surface area (Å²) in [6.45, 7) is 3.84. The number of ether oxygens (including phenoxy) is 2. The summed E-state index contributed by atoms with van der Waals surface area (Å²) in [5.41, 5.74) is 4.99. The van der Waals surface area contributed by atoms with Crippen LogP contribution in [0.3, 0.4) is 0 Å². The smallest absolute Gasteiger partial charge is 0.271 e. The third-order valence-electron chi connectivity index (χ3n) is 3.62. The first-order valence-corrected chi connectivity index (χ1v) is 8.46. The molecule has 0 radical (unpaired) electrons. The minimum Gasteiger partial charge on any atom is -0.493 e. The van der Waals surface area contributed by atoms with Crippen molar-refractivity contribution in [2.45, 2.75) is 20.0 Å². The lowest BCUT2D eigenvalue weighted by atomic mass is 10.2. The number of amides is 1. The van der Waals surface area contributed by atoms with Gasteiger partial charge < -0.3 is 9.47 Å². The van der Waals surface area contributed by atoms with Crippen LogP contribution in [0.1, 0.15) is 29.9 Å². The first-order valence-electron chi connectivity index (χ1n) is 8.46. The largest absolute Gasteiger partial charge is 0.493 e. The molecule has 1 aromatic heterocycles. The topological polar surface area (TPSA) is 85.7 Å². The Morgan fingerprint density at radius 1 is 1.15 bits per heavy atom. The maximum Gasteiger partial charge on any atom is 0.271 e. The highest BCUT2D eigenvalue weighted by molar-refractivity contribution is 5.95. The summed E-state index contributed by atoms with van der Waals surface area (Å²) < 4.78 is 10.9. The number of hydrogen-bond donors (Lipinski definition) is 1. The molecule has 0 saturated carbocycles. The van der Waals surface area contributed by atoms with E-state index in [1.807, 2.05) is 38.1 Å². The molecule has 3 rings (SSSR count). The van der Waals surface area contributed by atoms with E-state index in [2.05, 4.69) is 20.5 Å². The number of rotatable bonds is 6. The third kappa shape index (κ3) is 4.58. The fourth-order valence-electron chi connectivity index (χ4n) is 2.42. The summed E-state index contributed by atoms with van der Waals surface area (Å²) in [4.78, 5) is 21.0. The Balaban J connectivity index is 1.70. The van der Waals surface area contributed by atoms with Gasteiger partial charge in [-0.25, -0.2) is 10.4 Å². The highest BCUT2D eigenvalue weighted by Gasteiger charge is 2.11. The Hall–Kier alpha value is -3.48. The summed E-state index contributed by atoms with van der Waals surface area (Å²) in [6, 6.07) is 12.5. The molecule has 3 aromatic rings. The molecule has 0 bridgehead atoms. The summed E-state index contributed by atoms with van der Waals surface area (Å²) >= 11 is 0. The molecule has 0 fully saturated rings. The summed E-state index contributed by atoms with van der Waals surface area (Å²) in [5, 5.41) is 3.95. The van der Waals surface area contributed by atoms with E-state index < -0.39 is 0 Å². The molecule has 0 spiro atoms. The van der Waals surface area contributed by atoms with Crippen molar-refractivity contribution in [3.05, 3.63) is 59.9 Å². The molecular weight excluding hydrogens is 344 g/mol. The van der Waals surface area contributed by atoms with Gasteiger partial charge in [0.25, 0.3) is 5.91 Å². The highest BCUT2D eigenvalue weighted by atomic mass is 16.5. The number of nitrogens with zero attached hydrogens (tertiary/aromatic N) is 3. The number of aromatic nitrogens is 2. The van der Waals surface area contributed by atoms with Gasteiger partial charge in [-0.2, -0.15) is 5.10 Å². The zero-order valence-corrected chi connectivity index (χ0v) is 15.3. The Labute approximate surface area is 157 Å². The monoisotopic (exact) mass is 364 g/mol. The van der Waals surface area contributed by atoms with Crippen LogP contribution in [0.15, 0.2) is 53.8 Å². The van der Waals surface area contributed by atoms with Gasteiger partial charge in [0.15, 0.2) is 11.5 Å². The molecule has 0 unspecified atom stereocenters. The van der Waals surface area contributed by atoms with E-state index in [0.29, 0.717) is 22.8 Å². The summed E-state index contributed by atoms with van der Waals surface area (Å²) in [5.74, 6) is 0.703. The molecule has 1 amide bonds. The van der Waals surface area contributed by atoms with E-state index in [-0.39, 0.29) is 12.0 Å². The lowest BCUT2D eigenvalue weighted by Gasteiger charge is -2.14. The number of carbonyl (C=O) groups is 1. The van der Waals surface area contributed by atoms with Crippen LogP contribution < -0.4 is 14.9 Å². The molecular formula is C20H20N4O3. The predicted octanol–water partition coefficient (Wildman–Crippen LogP) is 3.19. The number of carbonyl (C=O) groups excluding carboxylic acids is 1. The van der Waals surface area contributed by atoms with Gasteiger partial charge in [0, 0.05) is 5.56 Å². The van der Waals surface area contributed by atoms with Gasteiger partial charge in [0.1, 0.15) is 5.69 Å². The van der Waals surface area contributed by atoms with E-state index in [1.165, 1.54) is 13.3 Å². The van der Waals surface area contributed by atoms with Crippen LogP contribution >= 0.6 is 0 Å². The van der Waals surface area contributed by atoms with Gasteiger partial charge in [-0.3, -0.25) is 9.78 Å². The Bertz CT molecular complexity index is 986. The van der Waals surface area contributed by atoms with Crippen LogP contribution in [0, 0.1) is 0 Å². The fourth-order valence-corrected chi connectivity index (χ4v) is 2.42. The second kappa shape index (κ2) is 8.27. The van der Waals surface area contributed by atoms with Gasteiger partial charge in [-0.1, -0.05) is 12.1 Å². The molecule has 0 aliphatic carbocycles. The summed E-state index contributed by atoms with van der Waals surface area (Å²) in [6.07, 6.45) is 3.05. The molecule has 0 atom stereocenters. The molecule has 7 heteroatoms. The van der Waals surface area contributed by atoms with Crippen LogP contribution in [0.2, 0.25) is 0 Å². The van der Waals surface area contributed by atoms with Crippen LogP contribution in [0.5, 0.6) is 11.5 Å². The molecule has 27 heavy (non-hydrogen) atoms. The predicted molar refractivity (Wildman–Crippen MR) is 103 cm³/mol. The second-order valence-electron chi connectivity index (χ2n) is 6.01. The van der Waals surface area contributed by atoms with E-state index in [9.17, 15) is 4.79 Å². The molecule has 7 nitrogen and oxygen atoms in total. The van der Waals surface area contributed by atoms with Gasteiger partial charge in [-0.15, -0.1) is 0 Å². The van der Waals surface area contributed by atoms with Crippen LogP contribution in [0.25, 0.3) is 11.0 Å². The lowest BCUT2D eigenvalue weighted by Crippen LogP contribution is -2.18. The van der Waals surface area contributed by atoms with E-state index in [1.54, 1.807) is 24.4 Å². The number of fused-ring (bicyclic) bond motifs is 1. The summed E-state index contributed by atoms with van der Waals surface area (Å²) in [7, 11) is 1.53. The fraction of sp³-hybridized carbons (Fsp3) is 0.200. The zero-order valence-electron chi connectivity index (χ0n) is 15.3. The van der Waals surface area contributed by atoms with E-state index in [0.717, 1.165) is 11.0 Å². The number of hydrogen-bond acceptors (Lipinski definition) is 6. The number of para-hydroxylation sites is 2. The van der Waals surface area contributed by atoms with Gasteiger partial charge in [0.2, 0.25) is 0 Å². The van der Waals surface area contributed by atoms with Crippen molar-refractivity contribution in [2.75, 3.05) is 7.11 Å². The maximum atomic E-state index is 12.3. The van der Waals surface area contributed by atoms with Crippen LogP contribution in [-0.2, 0) is 0 Å². The normalized spacial score (nSPS) is 11.1. The molecule has 138 valence electrons. The maximum absolute atomic E-state index is 12.3. The van der Waals surface area contributed by atoms with Crippen molar-refractivity contribution in [3.63, 3.8) is 0 Å². The quantitative estimate of drug-likeness (QED) is 0.536. The van der Waals surface area contributed by atoms with Crippen molar-refractivity contribution in [1.29, 1.82) is 0 Å². The van der Waals surface area contributed by atoms with Crippen molar-refractivity contribution in [3.8, 4) is 11.5 Å². The lowest BCUT2D eigenvalue weighted by molar-refractivity contribution is 0.0954. The van der Waals surface area contributed by atoms with Crippen LogP contribution in [0.4, 0.5) is 0 Å². The molecule has 1 N–H and O–H groups in total. The molecule has 0 aliphatic heterocycles. The standard InChI is InChI=1S/C20H20N4O3/c1-13(2)27-18-9-8-14(10-19(18)26-3)20(25)24-22-12-15-11-21-16-6-4-5-7-17(16)23-15/h4-13H,1-3H3,(H,24,25)/b22-12-. The van der Waals surface area contributed by atoms with Crippen LogP contribution in [-0.4, -0.2) is 35.3 Å². The number of nitrogens with one attached hydrogen (secondary N) is 1. The molecule has 0 saturated heterocycles. The third-order valence-corrected chi connectivity index (χ3v) is 3.62.